The molecule has 1 aromatic carbocycles. The largest absolute Gasteiger partial charge is 0.464 e. The maximum Gasteiger partial charge on any atom is 0.323 e. The van der Waals surface area contributed by atoms with E-state index < -0.39 is 5.82 Å². The third-order valence-electron chi connectivity index (χ3n) is 2.40. The van der Waals surface area contributed by atoms with Gasteiger partial charge in [0.15, 0.2) is 0 Å². The molecule has 0 amide bonds. The summed E-state index contributed by atoms with van der Waals surface area (Å²) in [6.07, 6.45) is 0. The molecule has 1 aromatic heterocycles. The number of hydrogen-bond donors (Lipinski definition) is 2. The van der Waals surface area contributed by atoms with Crippen LogP contribution in [0.25, 0.3) is 0 Å². The van der Waals surface area contributed by atoms with Gasteiger partial charge in [0.25, 0.3) is 0 Å². The first kappa shape index (κ1) is 15.2. The van der Waals surface area contributed by atoms with E-state index in [2.05, 4.69) is 25.6 Å². The standard InChI is InChI=1S/C13H15ClFN5O/c1-3-16-11-18-12(20-13(19-11)21-4-2)17-10-7-8(15)5-6-9(10)14/h5-7H,3-4H2,1-2H3,(H2,16,17,18,19,20). The highest BCUT2D eigenvalue weighted by Gasteiger charge is 2.09. The molecule has 2 N–H and O–H groups in total. The molecule has 0 bridgehead atoms. The number of halogens is 2. The van der Waals surface area contributed by atoms with Crippen molar-refractivity contribution in [3.63, 3.8) is 0 Å². The second-order valence-electron chi connectivity index (χ2n) is 3.98. The molecule has 0 fully saturated rings. The fraction of sp³-hybridized carbons (Fsp3) is 0.308. The monoisotopic (exact) mass is 311 g/mol. The van der Waals surface area contributed by atoms with Crippen LogP contribution in [0.4, 0.5) is 22.0 Å². The summed E-state index contributed by atoms with van der Waals surface area (Å²) >= 11 is 6.00. The number of nitrogens with one attached hydrogen (secondary N) is 2. The van der Waals surface area contributed by atoms with E-state index in [4.69, 9.17) is 16.3 Å². The van der Waals surface area contributed by atoms with Crippen LogP contribution in [-0.4, -0.2) is 28.1 Å². The molecule has 2 rings (SSSR count). The molecule has 0 aliphatic carbocycles. The van der Waals surface area contributed by atoms with Gasteiger partial charge in [0.05, 0.1) is 17.3 Å². The Morgan fingerprint density at radius 2 is 1.95 bits per heavy atom. The summed E-state index contributed by atoms with van der Waals surface area (Å²) in [5.74, 6) is 0.177. The second kappa shape index (κ2) is 7.03. The Kier molecular flexibility index (Phi) is 5.10. The molecule has 112 valence electrons. The topological polar surface area (TPSA) is 72.0 Å². The van der Waals surface area contributed by atoms with Crippen LogP contribution in [0.2, 0.25) is 5.02 Å². The molecule has 0 saturated carbocycles. The number of ether oxygens (including phenoxy) is 1. The average Bonchev–Trinajstić information content (AvgIpc) is 2.43. The van der Waals surface area contributed by atoms with E-state index in [-0.39, 0.29) is 12.0 Å². The molecule has 1 heterocycles. The van der Waals surface area contributed by atoms with Gasteiger partial charge < -0.3 is 15.4 Å². The molecule has 6 nitrogen and oxygen atoms in total. The summed E-state index contributed by atoms with van der Waals surface area (Å²) in [6, 6.07) is 4.17. The normalized spacial score (nSPS) is 10.3. The summed E-state index contributed by atoms with van der Waals surface area (Å²) in [5, 5.41) is 6.19. The maximum absolute atomic E-state index is 13.3. The lowest BCUT2D eigenvalue weighted by Crippen LogP contribution is -2.09. The van der Waals surface area contributed by atoms with Gasteiger partial charge in [0.2, 0.25) is 11.9 Å². The quantitative estimate of drug-likeness (QED) is 0.853. The van der Waals surface area contributed by atoms with Gasteiger partial charge in [-0.15, -0.1) is 0 Å². The first-order chi connectivity index (χ1) is 10.1. The maximum atomic E-state index is 13.3. The van der Waals surface area contributed by atoms with Crippen molar-refractivity contribution in [3.05, 3.63) is 29.0 Å². The third kappa shape index (κ3) is 4.16. The fourth-order valence-corrected chi connectivity index (χ4v) is 1.72. The van der Waals surface area contributed by atoms with Crippen molar-refractivity contribution in [1.82, 2.24) is 15.0 Å². The smallest absolute Gasteiger partial charge is 0.323 e. The molecule has 0 unspecified atom stereocenters. The molecule has 8 heteroatoms. The summed E-state index contributed by atoms with van der Waals surface area (Å²) < 4.78 is 18.5. The molecule has 0 radical (unpaired) electrons. The van der Waals surface area contributed by atoms with E-state index in [9.17, 15) is 4.39 Å². The number of aromatic nitrogens is 3. The zero-order valence-corrected chi connectivity index (χ0v) is 12.4. The highest BCUT2D eigenvalue weighted by atomic mass is 35.5. The van der Waals surface area contributed by atoms with E-state index in [0.29, 0.717) is 29.8 Å². The van der Waals surface area contributed by atoms with Gasteiger partial charge in [0, 0.05) is 6.54 Å². The highest BCUT2D eigenvalue weighted by Crippen LogP contribution is 2.25. The number of hydrogen-bond acceptors (Lipinski definition) is 6. The van der Waals surface area contributed by atoms with Crippen LogP contribution in [0.1, 0.15) is 13.8 Å². The van der Waals surface area contributed by atoms with Crippen LogP contribution in [0, 0.1) is 5.82 Å². The van der Waals surface area contributed by atoms with Crippen molar-refractivity contribution < 1.29 is 9.13 Å². The zero-order valence-electron chi connectivity index (χ0n) is 11.7. The van der Waals surface area contributed by atoms with Gasteiger partial charge in [-0.25, -0.2) is 4.39 Å². The van der Waals surface area contributed by atoms with Crippen molar-refractivity contribution in [2.24, 2.45) is 0 Å². The van der Waals surface area contributed by atoms with Crippen LogP contribution in [0.15, 0.2) is 18.2 Å². The van der Waals surface area contributed by atoms with Gasteiger partial charge in [-0.1, -0.05) is 11.6 Å². The number of benzene rings is 1. The lowest BCUT2D eigenvalue weighted by Gasteiger charge is -2.10. The average molecular weight is 312 g/mol. The SMILES string of the molecule is CCNc1nc(Nc2cc(F)ccc2Cl)nc(OCC)n1. The van der Waals surface area contributed by atoms with E-state index >= 15 is 0 Å². The molecule has 2 aromatic rings. The van der Waals surface area contributed by atoms with E-state index in [1.807, 2.05) is 13.8 Å². The van der Waals surface area contributed by atoms with Crippen molar-refractivity contribution in [2.45, 2.75) is 13.8 Å². The van der Waals surface area contributed by atoms with Crippen LogP contribution in [0.3, 0.4) is 0 Å². The molecule has 21 heavy (non-hydrogen) atoms. The Morgan fingerprint density at radius 3 is 2.67 bits per heavy atom. The molecule has 0 aliphatic heterocycles. The third-order valence-corrected chi connectivity index (χ3v) is 2.73. The van der Waals surface area contributed by atoms with E-state index in [0.717, 1.165) is 0 Å². The van der Waals surface area contributed by atoms with Crippen molar-refractivity contribution >= 4 is 29.2 Å². The van der Waals surface area contributed by atoms with Crippen molar-refractivity contribution in [1.29, 1.82) is 0 Å². The summed E-state index contributed by atoms with van der Waals surface area (Å²) in [7, 11) is 0. The first-order valence-electron chi connectivity index (χ1n) is 6.47. The van der Waals surface area contributed by atoms with Crippen LogP contribution in [0.5, 0.6) is 6.01 Å². The van der Waals surface area contributed by atoms with Crippen LogP contribution in [-0.2, 0) is 0 Å². The molecular weight excluding hydrogens is 297 g/mol. The Hall–Kier alpha value is -2.15. The second-order valence-corrected chi connectivity index (χ2v) is 4.38. The predicted molar refractivity (Wildman–Crippen MR) is 79.9 cm³/mol. The van der Waals surface area contributed by atoms with Crippen LogP contribution >= 0.6 is 11.6 Å². The summed E-state index contributed by atoms with van der Waals surface area (Å²) in [5.41, 5.74) is 0.368. The highest BCUT2D eigenvalue weighted by molar-refractivity contribution is 6.33. The zero-order chi connectivity index (χ0) is 15.2. The molecule has 0 saturated heterocycles. The lowest BCUT2D eigenvalue weighted by molar-refractivity contribution is 0.312. The number of anilines is 3. The van der Waals surface area contributed by atoms with Crippen molar-refractivity contribution in [3.8, 4) is 6.01 Å². The lowest BCUT2D eigenvalue weighted by atomic mass is 10.3. The molecule has 0 spiro atoms. The fourth-order valence-electron chi connectivity index (χ4n) is 1.56. The molecule has 0 aliphatic rings. The van der Waals surface area contributed by atoms with Gasteiger partial charge >= 0.3 is 6.01 Å². The van der Waals surface area contributed by atoms with Gasteiger partial charge in [-0.2, -0.15) is 15.0 Å². The minimum Gasteiger partial charge on any atom is -0.464 e. The van der Waals surface area contributed by atoms with Gasteiger partial charge in [0.1, 0.15) is 5.82 Å². The first-order valence-corrected chi connectivity index (χ1v) is 6.85. The van der Waals surface area contributed by atoms with Gasteiger partial charge in [-0.3, -0.25) is 0 Å². The van der Waals surface area contributed by atoms with Crippen molar-refractivity contribution in [2.75, 3.05) is 23.8 Å². The number of rotatable bonds is 6. The molecule has 0 atom stereocenters. The van der Waals surface area contributed by atoms with Crippen LogP contribution < -0.4 is 15.4 Å². The van der Waals surface area contributed by atoms with Gasteiger partial charge in [-0.05, 0) is 32.0 Å². The summed E-state index contributed by atoms with van der Waals surface area (Å²) in [6.45, 7) is 4.82. The van der Waals surface area contributed by atoms with E-state index in [1.54, 1.807) is 0 Å². The number of nitrogens with zero attached hydrogens (tertiary/aromatic N) is 3. The Morgan fingerprint density at radius 1 is 1.19 bits per heavy atom. The summed E-state index contributed by atoms with van der Waals surface area (Å²) in [4.78, 5) is 12.4. The van der Waals surface area contributed by atoms with E-state index in [1.165, 1.54) is 18.2 Å². The Balaban J connectivity index is 2.31. The minimum atomic E-state index is -0.409. The molecular formula is C13H15ClFN5O. The Labute approximate surface area is 126 Å². The predicted octanol–water partition coefficient (Wildman–Crippen LogP) is 3.24. The Bertz CT molecular complexity index is 601. The minimum absolute atomic E-state index is 0.179.